The number of nitrogens with one attached hydrogen (secondary N) is 1. The monoisotopic (exact) mass is 704 g/mol. The number of amides is 2. The molecule has 1 aliphatic carbocycles. The Hall–Kier alpha value is -3.17. The molecular weight excluding hydrogens is 679 g/mol. The smallest absolute Gasteiger partial charge is 0.417 e. The highest BCUT2D eigenvalue weighted by molar-refractivity contribution is 9.10. The Morgan fingerprint density at radius 3 is 2.14 bits per heavy atom. The van der Waals surface area contributed by atoms with Gasteiger partial charge in [-0.15, -0.1) is 0 Å². The number of rotatable bonds is 6. The van der Waals surface area contributed by atoms with Crippen molar-refractivity contribution >= 4 is 33.8 Å². The Bertz CT molecular complexity index is 1410. The quantitative estimate of drug-likeness (QED) is 0.305. The van der Waals surface area contributed by atoms with Crippen LogP contribution in [0.5, 0.6) is 0 Å². The molecular formula is C28H26BrF9N2O4. The molecule has 1 saturated carbocycles. The van der Waals surface area contributed by atoms with Crippen molar-refractivity contribution in [3.63, 3.8) is 0 Å². The second kappa shape index (κ2) is 12.3. The third-order valence-electron chi connectivity index (χ3n) is 7.18. The number of alkyl halides is 9. The molecule has 0 saturated heterocycles. The molecule has 16 heteroatoms. The van der Waals surface area contributed by atoms with Crippen LogP contribution in [0.3, 0.4) is 0 Å². The number of hydrogen-bond acceptors (Lipinski definition) is 4. The summed E-state index contributed by atoms with van der Waals surface area (Å²) in [6.45, 7) is 2.58. The van der Waals surface area contributed by atoms with Crippen LogP contribution in [0.4, 0.5) is 54.8 Å². The summed E-state index contributed by atoms with van der Waals surface area (Å²) < 4.78 is 130. The highest BCUT2D eigenvalue weighted by atomic mass is 79.9. The van der Waals surface area contributed by atoms with Gasteiger partial charge in [0, 0.05) is 16.9 Å². The number of halogens is 10. The van der Waals surface area contributed by atoms with Gasteiger partial charge in [-0.3, -0.25) is 4.90 Å². The van der Waals surface area contributed by atoms with Crippen LogP contribution in [-0.2, 0) is 34.4 Å². The lowest BCUT2D eigenvalue weighted by molar-refractivity contribution is -0.143. The molecule has 1 aliphatic heterocycles. The van der Waals surface area contributed by atoms with E-state index in [0.717, 1.165) is 31.0 Å². The van der Waals surface area contributed by atoms with Crippen molar-refractivity contribution in [2.24, 2.45) is 5.92 Å². The average molecular weight is 705 g/mol. The minimum Gasteiger partial charge on any atom is -0.449 e. The van der Waals surface area contributed by atoms with E-state index in [1.807, 2.05) is 0 Å². The predicted octanol–water partition coefficient (Wildman–Crippen LogP) is 9.05. The van der Waals surface area contributed by atoms with Crippen LogP contribution in [0.2, 0.25) is 0 Å². The van der Waals surface area contributed by atoms with Crippen molar-refractivity contribution in [2.75, 3.05) is 11.5 Å². The fourth-order valence-corrected chi connectivity index (χ4v) is 5.72. The molecule has 2 aliphatic rings. The van der Waals surface area contributed by atoms with Gasteiger partial charge in [-0.05, 0) is 96.4 Å². The van der Waals surface area contributed by atoms with Crippen molar-refractivity contribution < 1.29 is 58.6 Å². The minimum atomic E-state index is -5.11. The van der Waals surface area contributed by atoms with E-state index in [2.05, 4.69) is 21.2 Å². The molecule has 2 atom stereocenters. The lowest BCUT2D eigenvalue weighted by Gasteiger charge is -2.41. The number of alkyl carbamates (subject to hydrolysis) is 1. The summed E-state index contributed by atoms with van der Waals surface area (Å²) in [6.07, 6.45) is -16.4. The molecule has 1 heterocycles. The second-order valence-electron chi connectivity index (χ2n) is 10.8. The Morgan fingerprint density at radius 2 is 1.59 bits per heavy atom. The minimum absolute atomic E-state index is 0.00781. The number of carbonyl (C=O) groups is 2. The van der Waals surface area contributed by atoms with Crippen LogP contribution < -0.4 is 10.2 Å². The van der Waals surface area contributed by atoms with Crippen LogP contribution in [0.15, 0.2) is 34.8 Å². The zero-order valence-electron chi connectivity index (χ0n) is 23.1. The van der Waals surface area contributed by atoms with Gasteiger partial charge >= 0.3 is 30.7 Å². The SMILES string of the molecule is CC(C)OC(=O)N1c2ccc(C(F)(F)F)cc2C(NC(=O)OCCc2cc(C(F)(F)F)cc(C(F)(F)F)c2Br)CC1C1CC1. The first kappa shape index (κ1) is 33.7. The van der Waals surface area contributed by atoms with Crippen molar-refractivity contribution in [2.45, 2.75) is 76.2 Å². The summed E-state index contributed by atoms with van der Waals surface area (Å²) in [4.78, 5) is 27.1. The number of fused-ring (bicyclic) bond motifs is 1. The zero-order chi connectivity index (χ0) is 32.8. The summed E-state index contributed by atoms with van der Waals surface area (Å²) >= 11 is 2.69. The van der Waals surface area contributed by atoms with Gasteiger partial charge in [0.1, 0.15) is 0 Å². The molecule has 4 rings (SSSR count). The lowest BCUT2D eigenvalue weighted by atomic mass is 9.88. The number of nitrogens with zero attached hydrogens (tertiary/aromatic N) is 1. The molecule has 0 bridgehead atoms. The first-order valence-corrected chi connectivity index (χ1v) is 14.2. The van der Waals surface area contributed by atoms with Crippen molar-refractivity contribution in [1.82, 2.24) is 5.32 Å². The molecule has 6 nitrogen and oxygen atoms in total. The maximum Gasteiger partial charge on any atom is 0.417 e. The van der Waals surface area contributed by atoms with E-state index in [1.54, 1.807) is 13.8 Å². The van der Waals surface area contributed by atoms with Crippen molar-refractivity contribution in [3.05, 3.63) is 62.6 Å². The largest absolute Gasteiger partial charge is 0.449 e. The first-order chi connectivity index (χ1) is 20.3. The molecule has 1 fully saturated rings. The van der Waals surface area contributed by atoms with Gasteiger partial charge in [-0.25, -0.2) is 9.59 Å². The summed E-state index contributed by atoms with van der Waals surface area (Å²) in [5.74, 6) is -0.00781. The summed E-state index contributed by atoms with van der Waals surface area (Å²) in [5.41, 5.74) is -4.50. The van der Waals surface area contributed by atoms with Gasteiger partial charge in [0.05, 0.1) is 41.1 Å². The van der Waals surface area contributed by atoms with Gasteiger partial charge in [0.25, 0.3) is 0 Å². The Kier molecular flexibility index (Phi) is 9.44. The molecule has 1 N–H and O–H groups in total. The number of anilines is 1. The molecule has 0 spiro atoms. The van der Waals surface area contributed by atoms with E-state index in [9.17, 15) is 49.1 Å². The van der Waals surface area contributed by atoms with Gasteiger partial charge in [0.2, 0.25) is 0 Å². The molecule has 2 aromatic rings. The average Bonchev–Trinajstić information content (AvgIpc) is 3.72. The van der Waals surface area contributed by atoms with E-state index in [-0.39, 0.29) is 29.7 Å². The van der Waals surface area contributed by atoms with Crippen LogP contribution in [0.25, 0.3) is 0 Å². The van der Waals surface area contributed by atoms with Crippen LogP contribution in [0, 0.1) is 5.92 Å². The lowest BCUT2D eigenvalue weighted by Crippen LogP contribution is -2.49. The third-order valence-corrected chi connectivity index (χ3v) is 8.11. The molecule has 2 unspecified atom stereocenters. The fraction of sp³-hybridized carbons (Fsp3) is 0.500. The molecule has 2 amide bonds. The number of benzene rings is 2. The standard InChI is InChI=1S/C28H26BrF9N2O4/c1-13(2)44-25(42)40-21-6-5-16(26(30,31)32)10-18(21)20(12-22(40)14-3-4-14)39-24(41)43-8-7-15-9-17(27(33,34)35)11-19(23(15)29)28(36,37)38/h5-6,9-11,13-14,20,22H,3-4,7-8,12H2,1-2H3,(H,39,41). The topological polar surface area (TPSA) is 67.9 Å². The molecule has 242 valence electrons. The van der Waals surface area contributed by atoms with E-state index in [0.29, 0.717) is 6.07 Å². The zero-order valence-corrected chi connectivity index (χ0v) is 24.7. The highest BCUT2D eigenvalue weighted by Gasteiger charge is 2.46. The number of carbonyl (C=O) groups excluding carboxylic acids is 2. The van der Waals surface area contributed by atoms with E-state index in [4.69, 9.17) is 9.47 Å². The van der Waals surface area contributed by atoms with E-state index < -0.39 is 88.7 Å². The second-order valence-corrected chi connectivity index (χ2v) is 11.6. The van der Waals surface area contributed by atoms with Gasteiger partial charge in [-0.1, -0.05) is 0 Å². The Morgan fingerprint density at radius 1 is 0.955 bits per heavy atom. The normalized spacial score (nSPS) is 19.1. The predicted molar refractivity (Wildman–Crippen MR) is 142 cm³/mol. The number of hydrogen-bond donors (Lipinski definition) is 1. The van der Waals surface area contributed by atoms with Crippen LogP contribution >= 0.6 is 15.9 Å². The van der Waals surface area contributed by atoms with Crippen molar-refractivity contribution in [1.29, 1.82) is 0 Å². The van der Waals surface area contributed by atoms with E-state index in [1.165, 1.54) is 4.90 Å². The van der Waals surface area contributed by atoms with Gasteiger partial charge in [0.15, 0.2) is 0 Å². The number of ether oxygens (including phenoxy) is 2. The fourth-order valence-electron chi connectivity index (χ4n) is 5.07. The third kappa shape index (κ3) is 7.72. The molecule has 0 aromatic heterocycles. The van der Waals surface area contributed by atoms with Crippen LogP contribution in [-0.4, -0.2) is 30.9 Å². The maximum absolute atomic E-state index is 13.6. The van der Waals surface area contributed by atoms with Gasteiger partial charge in [-0.2, -0.15) is 39.5 Å². The molecule has 0 radical (unpaired) electrons. The maximum atomic E-state index is 13.6. The highest BCUT2D eigenvalue weighted by Crippen LogP contribution is 2.48. The molecule has 44 heavy (non-hydrogen) atoms. The summed E-state index contributed by atoms with van der Waals surface area (Å²) in [7, 11) is 0. The van der Waals surface area contributed by atoms with Gasteiger partial charge < -0.3 is 14.8 Å². The van der Waals surface area contributed by atoms with Crippen molar-refractivity contribution in [3.8, 4) is 0 Å². The summed E-state index contributed by atoms with van der Waals surface area (Å²) in [5, 5.41) is 2.46. The molecule has 2 aromatic carbocycles. The first-order valence-electron chi connectivity index (χ1n) is 13.4. The Labute approximate surface area is 254 Å². The van der Waals surface area contributed by atoms with Crippen LogP contribution in [0.1, 0.15) is 67.0 Å². The summed E-state index contributed by atoms with van der Waals surface area (Å²) in [6, 6.07) is 1.61. The van der Waals surface area contributed by atoms with E-state index >= 15 is 0 Å². The Balaban J connectivity index is 1.56.